The van der Waals surface area contributed by atoms with E-state index in [0.717, 1.165) is 19.0 Å². The number of hydrogen-bond acceptors (Lipinski definition) is 4. The number of nitrogens with two attached hydrogens (primary N) is 1. The second kappa shape index (κ2) is 6.94. The van der Waals surface area contributed by atoms with E-state index >= 15 is 0 Å². The van der Waals surface area contributed by atoms with E-state index in [4.69, 9.17) is 10.5 Å². The smallest absolute Gasteiger partial charge is 0.258 e. The van der Waals surface area contributed by atoms with Gasteiger partial charge in [-0.05, 0) is 43.7 Å². The summed E-state index contributed by atoms with van der Waals surface area (Å²) >= 11 is 1.54. The first-order valence-electron chi connectivity index (χ1n) is 8.81. The summed E-state index contributed by atoms with van der Waals surface area (Å²) in [7, 11) is 1.85. The van der Waals surface area contributed by atoms with Crippen LogP contribution in [0, 0.1) is 17.8 Å². The first kappa shape index (κ1) is 18.2. The van der Waals surface area contributed by atoms with Crippen LogP contribution < -0.4 is 5.73 Å². The van der Waals surface area contributed by atoms with Gasteiger partial charge in [0.1, 0.15) is 5.60 Å². The molecule has 1 amide bonds. The van der Waals surface area contributed by atoms with Gasteiger partial charge in [0.25, 0.3) is 5.91 Å². The van der Waals surface area contributed by atoms with Crippen LogP contribution in [0.2, 0.25) is 0 Å². The monoisotopic (exact) mass is 370 g/mol. The Morgan fingerprint density at radius 2 is 1.96 bits per heavy atom. The number of likely N-dealkylation sites (tertiary alicyclic amines) is 1. The van der Waals surface area contributed by atoms with Crippen molar-refractivity contribution in [3.05, 3.63) is 21.9 Å². The number of nitrogens with zero attached hydrogens (tertiary/aromatic N) is 1. The molecule has 1 saturated heterocycles. The third-order valence-electron chi connectivity index (χ3n) is 6.06. The van der Waals surface area contributed by atoms with Gasteiger partial charge in [0.05, 0.1) is 4.88 Å². The minimum Gasteiger partial charge on any atom is -0.372 e. The Bertz CT molecular complexity index is 588. The van der Waals surface area contributed by atoms with E-state index < -0.39 is 0 Å². The Morgan fingerprint density at radius 3 is 2.46 bits per heavy atom. The fraction of sp³-hybridized carbons (Fsp3) is 0.722. The maximum Gasteiger partial charge on any atom is 0.258 e. The van der Waals surface area contributed by atoms with Crippen molar-refractivity contribution in [1.29, 1.82) is 0 Å². The normalized spacial score (nSPS) is 33.0. The molecule has 3 atom stereocenters. The SMILES string of the molecule is COC1(c2ccc(C(N)=O)s2)[C@@H]2CCC[C@H]1CN(CC1CC1)C2.Cl. The van der Waals surface area contributed by atoms with E-state index in [2.05, 4.69) is 11.0 Å². The summed E-state index contributed by atoms with van der Waals surface area (Å²) in [5.74, 6) is 1.66. The lowest BCUT2D eigenvalue weighted by atomic mass is 9.64. The van der Waals surface area contributed by atoms with Crippen molar-refractivity contribution in [2.45, 2.75) is 37.7 Å². The van der Waals surface area contributed by atoms with Gasteiger partial charge < -0.3 is 15.4 Å². The van der Waals surface area contributed by atoms with Crippen LogP contribution in [-0.2, 0) is 10.3 Å². The van der Waals surface area contributed by atoms with Crippen LogP contribution in [0.1, 0.15) is 46.7 Å². The fourth-order valence-corrected chi connectivity index (χ4v) is 6.04. The number of hydrogen-bond donors (Lipinski definition) is 1. The molecule has 1 aliphatic heterocycles. The molecule has 3 aliphatic rings. The Labute approximate surface area is 154 Å². The number of carbonyl (C=O) groups is 1. The van der Waals surface area contributed by atoms with Gasteiger partial charge in [-0.15, -0.1) is 23.7 Å². The number of rotatable bonds is 5. The van der Waals surface area contributed by atoms with E-state index in [1.54, 1.807) is 0 Å². The summed E-state index contributed by atoms with van der Waals surface area (Å²) in [6, 6.07) is 3.95. The Hall–Kier alpha value is -0.620. The first-order valence-corrected chi connectivity index (χ1v) is 9.62. The molecule has 0 radical (unpaired) electrons. The molecule has 0 aromatic carbocycles. The minimum atomic E-state index is -0.330. The van der Waals surface area contributed by atoms with Crippen molar-refractivity contribution in [3.63, 3.8) is 0 Å². The molecular formula is C18H27ClN2O2S. The van der Waals surface area contributed by atoms with Gasteiger partial charge in [-0.25, -0.2) is 0 Å². The fourth-order valence-electron chi connectivity index (χ4n) is 4.86. The Kier molecular flexibility index (Phi) is 5.26. The van der Waals surface area contributed by atoms with E-state index in [9.17, 15) is 4.79 Å². The number of halogens is 1. The van der Waals surface area contributed by atoms with Crippen molar-refractivity contribution >= 4 is 29.7 Å². The average Bonchev–Trinajstić information content (AvgIpc) is 3.18. The molecule has 134 valence electrons. The third-order valence-corrected chi connectivity index (χ3v) is 7.29. The lowest BCUT2D eigenvalue weighted by molar-refractivity contribution is -0.167. The van der Waals surface area contributed by atoms with Crippen LogP contribution in [0.4, 0.5) is 0 Å². The van der Waals surface area contributed by atoms with E-state index in [1.165, 1.54) is 54.9 Å². The van der Waals surface area contributed by atoms with Gasteiger partial charge in [-0.3, -0.25) is 4.79 Å². The van der Waals surface area contributed by atoms with Crippen LogP contribution in [0.15, 0.2) is 12.1 Å². The van der Waals surface area contributed by atoms with Crippen LogP contribution in [-0.4, -0.2) is 37.6 Å². The zero-order valence-electron chi connectivity index (χ0n) is 14.2. The predicted molar refractivity (Wildman–Crippen MR) is 98.8 cm³/mol. The molecule has 2 saturated carbocycles. The van der Waals surface area contributed by atoms with E-state index in [1.807, 2.05) is 13.2 Å². The Balaban J connectivity index is 0.00000169. The topological polar surface area (TPSA) is 55.6 Å². The van der Waals surface area contributed by atoms with Crippen molar-refractivity contribution in [2.24, 2.45) is 23.5 Å². The number of amides is 1. The van der Waals surface area contributed by atoms with Crippen LogP contribution >= 0.6 is 23.7 Å². The number of carbonyl (C=O) groups excluding carboxylic acids is 1. The third kappa shape index (κ3) is 3.00. The second-order valence-electron chi connectivity index (χ2n) is 7.51. The minimum absolute atomic E-state index is 0. The number of thiophene rings is 1. The van der Waals surface area contributed by atoms with Crippen molar-refractivity contribution in [2.75, 3.05) is 26.7 Å². The molecule has 6 heteroatoms. The van der Waals surface area contributed by atoms with Crippen molar-refractivity contribution in [3.8, 4) is 0 Å². The summed E-state index contributed by atoms with van der Waals surface area (Å²) in [6.45, 7) is 3.53. The van der Waals surface area contributed by atoms with E-state index in [-0.39, 0.29) is 23.9 Å². The molecule has 2 heterocycles. The van der Waals surface area contributed by atoms with Gasteiger partial charge in [0, 0.05) is 43.5 Å². The molecule has 2 N–H and O–H groups in total. The molecule has 4 nitrogen and oxygen atoms in total. The van der Waals surface area contributed by atoms with Gasteiger partial charge in [0.15, 0.2) is 0 Å². The summed E-state index contributed by atoms with van der Waals surface area (Å²) in [6.07, 6.45) is 6.55. The molecule has 4 rings (SSSR count). The molecule has 1 aromatic rings. The highest BCUT2D eigenvalue weighted by Gasteiger charge is 2.54. The first-order chi connectivity index (χ1) is 11.1. The highest BCUT2D eigenvalue weighted by atomic mass is 35.5. The number of piperidine rings is 1. The molecule has 3 fully saturated rings. The molecule has 2 aliphatic carbocycles. The molecule has 24 heavy (non-hydrogen) atoms. The lowest BCUT2D eigenvalue weighted by Crippen LogP contribution is -2.59. The highest BCUT2D eigenvalue weighted by Crippen LogP contribution is 2.53. The summed E-state index contributed by atoms with van der Waals surface area (Å²) in [4.78, 5) is 16.0. The van der Waals surface area contributed by atoms with Crippen molar-refractivity contribution in [1.82, 2.24) is 4.90 Å². The zero-order chi connectivity index (χ0) is 16.0. The Morgan fingerprint density at radius 1 is 1.29 bits per heavy atom. The van der Waals surface area contributed by atoms with Gasteiger partial charge in [-0.2, -0.15) is 0 Å². The standard InChI is InChI=1S/C18H26N2O2S.ClH/c1-22-18(16-8-7-15(23-16)17(19)21)13-3-2-4-14(18)11-20(10-13)9-12-5-6-12;/h7-8,12-14H,2-6,9-11H2,1H3,(H2,19,21);1H/t13-,14+,18?;. The molecule has 1 unspecified atom stereocenters. The second-order valence-corrected chi connectivity index (χ2v) is 8.60. The number of primary amides is 1. The van der Waals surface area contributed by atoms with Crippen LogP contribution in [0.3, 0.4) is 0 Å². The molecule has 0 spiro atoms. The van der Waals surface area contributed by atoms with Gasteiger partial charge >= 0.3 is 0 Å². The highest BCUT2D eigenvalue weighted by molar-refractivity contribution is 7.14. The van der Waals surface area contributed by atoms with Crippen LogP contribution in [0.25, 0.3) is 0 Å². The largest absolute Gasteiger partial charge is 0.372 e. The van der Waals surface area contributed by atoms with E-state index in [0.29, 0.717) is 16.7 Å². The molecule has 1 aromatic heterocycles. The van der Waals surface area contributed by atoms with Gasteiger partial charge in [0.2, 0.25) is 0 Å². The van der Waals surface area contributed by atoms with Gasteiger partial charge in [-0.1, -0.05) is 6.42 Å². The summed E-state index contributed by atoms with van der Waals surface area (Å²) in [5.41, 5.74) is 5.25. The summed E-state index contributed by atoms with van der Waals surface area (Å²) < 4.78 is 6.23. The number of fused-ring (bicyclic) bond motifs is 2. The average molecular weight is 371 g/mol. The quantitative estimate of drug-likeness (QED) is 0.865. The molecule has 2 bridgehead atoms. The molecular weight excluding hydrogens is 344 g/mol. The van der Waals surface area contributed by atoms with Crippen LogP contribution in [0.5, 0.6) is 0 Å². The lowest BCUT2D eigenvalue weighted by Gasteiger charge is -2.55. The number of ether oxygens (including phenoxy) is 1. The maximum absolute atomic E-state index is 11.5. The zero-order valence-corrected chi connectivity index (χ0v) is 15.8. The summed E-state index contributed by atoms with van der Waals surface area (Å²) in [5, 5.41) is 0. The maximum atomic E-state index is 11.5. The number of methoxy groups -OCH3 is 1. The van der Waals surface area contributed by atoms with Crippen molar-refractivity contribution < 1.29 is 9.53 Å². The predicted octanol–water partition coefficient (Wildman–Crippen LogP) is 3.25.